The van der Waals surface area contributed by atoms with E-state index in [2.05, 4.69) is 47.6 Å². The van der Waals surface area contributed by atoms with Crippen molar-refractivity contribution in [1.82, 2.24) is 10.3 Å². The fraction of sp³-hybridized carbons (Fsp3) is 0.423. The van der Waals surface area contributed by atoms with Gasteiger partial charge in [0, 0.05) is 31.5 Å². The van der Waals surface area contributed by atoms with E-state index in [1.165, 1.54) is 29.8 Å². The lowest BCUT2D eigenvalue weighted by atomic mass is 9.82. The first-order valence-corrected chi connectivity index (χ1v) is 11.7. The number of amides is 2. The van der Waals surface area contributed by atoms with Gasteiger partial charge in [-0.05, 0) is 49.1 Å². The third kappa shape index (κ3) is 4.01. The predicted molar refractivity (Wildman–Crippen MR) is 130 cm³/mol. The Balaban J connectivity index is 1.53. The zero-order valence-corrected chi connectivity index (χ0v) is 19.0. The topological polar surface area (TPSA) is 60.3 Å². The minimum atomic E-state index is -0.128. The Hall–Kier alpha value is -3.15. The fourth-order valence-corrected chi connectivity index (χ4v) is 5.00. The lowest BCUT2D eigenvalue weighted by molar-refractivity contribution is 0.220. The number of nitrogens with one attached hydrogen (secondary N) is 1. The molecule has 2 aromatic carbocycles. The van der Waals surface area contributed by atoms with Gasteiger partial charge in [0.25, 0.3) is 0 Å². The normalized spacial score (nSPS) is 19.2. The molecule has 5 rings (SSSR count). The van der Waals surface area contributed by atoms with Gasteiger partial charge in [-0.2, -0.15) is 5.10 Å². The van der Waals surface area contributed by atoms with Crippen molar-refractivity contribution in [2.24, 2.45) is 16.0 Å². The largest absolute Gasteiger partial charge is 0.372 e. The maximum Gasteiger partial charge on any atom is 0.349 e. The van der Waals surface area contributed by atoms with Crippen LogP contribution < -0.4 is 10.2 Å². The summed E-state index contributed by atoms with van der Waals surface area (Å²) in [4.78, 5) is 19.8. The summed E-state index contributed by atoms with van der Waals surface area (Å²) in [6.45, 7) is 3.84. The molecule has 0 unspecified atom stereocenters. The Morgan fingerprint density at radius 3 is 2.56 bits per heavy atom. The van der Waals surface area contributed by atoms with Crippen LogP contribution in [0.5, 0.6) is 0 Å². The molecule has 2 aliphatic heterocycles. The van der Waals surface area contributed by atoms with Crippen LogP contribution in [-0.4, -0.2) is 42.7 Å². The number of benzene rings is 2. The summed E-state index contributed by atoms with van der Waals surface area (Å²) in [7, 11) is 1.77. The molecule has 6 nitrogen and oxygen atoms in total. The maximum absolute atomic E-state index is 13.5. The molecule has 0 radical (unpaired) electrons. The van der Waals surface area contributed by atoms with Gasteiger partial charge in [-0.3, -0.25) is 9.89 Å². The van der Waals surface area contributed by atoms with Gasteiger partial charge in [0.05, 0.1) is 23.6 Å². The molecule has 0 spiro atoms. The molecule has 1 aliphatic carbocycles. The second-order valence-corrected chi connectivity index (χ2v) is 9.08. The predicted octanol–water partition coefficient (Wildman–Crippen LogP) is 5.03. The maximum atomic E-state index is 13.5. The van der Waals surface area contributed by atoms with Gasteiger partial charge in [-0.15, -0.1) is 0 Å². The number of nitrogens with zero attached hydrogens (tertiary/aromatic N) is 4. The lowest BCUT2D eigenvalue weighted by Gasteiger charge is -2.26. The van der Waals surface area contributed by atoms with Crippen LogP contribution in [0.25, 0.3) is 0 Å². The van der Waals surface area contributed by atoms with Crippen molar-refractivity contribution in [1.29, 1.82) is 0 Å². The number of fused-ring (bicyclic) bond motifs is 1. The van der Waals surface area contributed by atoms with E-state index >= 15 is 0 Å². The number of carbonyl (C=O) groups excluding carboxylic acids is 1. The van der Waals surface area contributed by atoms with E-state index in [1.807, 2.05) is 17.0 Å². The summed E-state index contributed by atoms with van der Waals surface area (Å²) >= 11 is 0. The van der Waals surface area contributed by atoms with E-state index in [0.717, 1.165) is 66.4 Å². The molecule has 1 fully saturated rings. The van der Waals surface area contributed by atoms with E-state index < -0.39 is 0 Å². The number of hydrogen-bond acceptors (Lipinski definition) is 4. The average Bonchev–Trinajstić information content (AvgIpc) is 3.29. The van der Waals surface area contributed by atoms with E-state index in [9.17, 15) is 4.79 Å². The molecule has 2 aromatic rings. The highest BCUT2D eigenvalue weighted by molar-refractivity contribution is 6.13. The number of urea groups is 1. The third-order valence-corrected chi connectivity index (χ3v) is 6.70. The van der Waals surface area contributed by atoms with Crippen LogP contribution in [0.3, 0.4) is 0 Å². The first-order chi connectivity index (χ1) is 15.6. The molecule has 32 heavy (non-hydrogen) atoms. The molecule has 0 bridgehead atoms. The van der Waals surface area contributed by atoms with Crippen molar-refractivity contribution < 1.29 is 4.79 Å². The molecule has 2 heterocycles. The molecule has 1 N–H and O–H groups in total. The number of rotatable bonds is 4. The molecule has 1 saturated carbocycles. The molecule has 166 valence electrons. The Kier molecular flexibility index (Phi) is 5.68. The van der Waals surface area contributed by atoms with Crippen molar-refractivity contribution in [2.75, 3.05) is 25.0 Å². The number of aliphatic imine (C=N–C) groups is 1. The summed E-state index contributed by atoms with van der Waals surface area (Å²) in [5, 5.41) is 9.69. The fourth-order valence-electron chi connectivity index (χ4n) is 5.00. The second kappa shape index (κ2) is 8.77. The van der Waals surface area contributed by atoms with Crippen LogP contribution in [0.4, 0.5) is 16.2 Å². The zero-order valence-electron chi connectivity index (χ0n) is 19.0. The van der Waals surface area contributed by atoms with Crippen LogP contribution in [-0.2, 0) is 6.42 Å². The number of anilines is 2. The first kappa shape index (κ1) is 20.7. The molecule has 0 saturated heterocycles. The van der Waals surface area contributed by atoms with Crippen LogP contribution >= 0.6 is 0 Å². The van der Waals surface area contributed by atoms with Gasteiger partial charge < -0.3 is 5.32 Å². The summed E-state index contributed by atoms with van der Waals surface area (Å²) in [5.41, 5.74) is 6.24. The van der Waals surface area contributed by atoms with E-state index in [0.29, 0.717) is 5.92 Å². The Labute approximate surface area is 190 Å². The van der Waals surface area contributed by atoms with Crippen molar-refractivity contribution in [2.45, 2.75) is 45.4 Å². The minimum absolute atomic E-state index is 0.128. The molecule has 0 atom stereocenters. The smallest absolute Gasteiger partial charge is 0.349 e. The molecule has 0 aromatic heterocycles. The average molecular weight is 430 g/mol. The highest BCUT2D eigenvalue weighted by Gasteiger charge is 2.32. The first-order valence-electron chi connectivity index (χ1n) is 11.7. The van der Waals surface area contributed by atoms with Crippen LogP contribution in [0, 0.1) is 12.8 Å². The van der Waals surface area contributed by atoms with Crippen LogP contribution in [0.15, 0.2) is 52.6 Å². The Morgan fingerprint density at radius 1 is 1.06 bits per heavy atom. The summed E-state index contributed by atoms with van der Waals surface area (Å²) in [6, 6.07) is 14.5. The molecule has 3 aliphatic rings. The van der Waals surface area contributed by atoms with Gasteiger partial charge in [0.2, 0.25) is 0 Å². The Morgan fingerprint density at radius 2 is 1.84 bits per heavy atom. The van der Waals surface area contributed by atoms with Gasteiger partial charge >= 0.3 is 6.03 Å². The highest BCUT2D eigenvalue weighted by atomic mass is 16.2. The number of hydrazone groups is 1. The quantitative estimate of drug-likeness (QED) is 0.741. The lowest BCUT2D eigenvalue weighted by Crippen LogP contribution is -2.34. The number of aryl methyl sites for hydroxylation is 1. The van der Waals surface area contributed by atoms with Gasteiger partial charge in [-0.25, -0.2) is 9.80 Å². The second-order valence-electron chi connectivity index (χ2n) is 9.08. The van der Waals surface area contributed by atoms with Gasteiger partial charge in [0.15, 0.2) is 0 Å². The third-order valence-electron chi connectivity index (χ3n) is 6.70. The van der Waals surface area contributed by atoms with Crippen LogP contribution in [0.1, 0.15) is 48.8 Å². The zero-order chi connectivity index (χ0) is 22.1. The number of carbonyl (C=O) groups is 1. The molecular weight excluding hydrogens is 398 g/mol. The SMILES string of the molecule is Cc1ccc2c(c1)N(c1ccc(CC3=NCCN3)cc1)C(=O)N(C)N=C2C1CCCCC1. The summed E-state index contributed by atoms with van der Waals surface area (Å²) in [6.07, 6.45) is 6.82. The monoisotopic (exact) mass is 429 g/mol. The van der Waals surface area contributed by atoms with E-state index in [-0.39, 0.29) is 6.03 Å². The summed E-state index contributed by atoms with van der Waals surface area (Å²) in [5.74, 6) is 1.44. The number of amidine groups is 1. The van der Waals surface area contributed by atoms with E-state index in [4.69, 9.17) is 5.10 Å². The van der Waals surface area contributed by atoms with Crippen molar-refractivity contribution in [3.05, 3.63) is 59.2 Å². The minimum Gasteiger partial charge on any atom is -0.372 e. The highest BCUT2D eigenvalue weighted by Crippen LogP contribution is 2.37. The molecule has 6 heteroatoms. The molecule has 2 amide bonds. The Bertz CT molecular complexity index is 1070. The van der Waals surface area contributed by atoms with Gasteiger partial charge in [-0.1, -0.05) is 43.5 Å². The van der Waals surface area contributed by atoms with E-state index in [1.54, 1.807) is 7.05 Å². The standard InChI is InChI=1S/C26H31N5O/c1-18-8-13-22-23(16-18)31(21-11-9-19(10-12-21)17-24-27-14-15-28-24)26(32)30(2)29-25(22)20-6-4-3-5-7-20/h8-13,16,20H,3-7,14-15,17H2,1-2H3,(H,27,28). The number of hydrogen-bond donors (Lipinski definition) is 1. The van der Waals surface area contributed by atoms with Crippen molar-refractivity contribution in [3.8, 4) is 0 Å². The van der Waals surface area contributed by atoms with Crippen molar-refractivity contribution >= 4 is 29.0 Å². The summed E-state index contributed by atoms with van der Waals surface area (Å²) < 4.78 is 0. The molecular formula is C26H31N5O. The van der Waals surface area contributed by atoms with Crippen molar-refractivity contribution in [3.63, 3.8) is 0 Å². The van der Waals surface area contributed by atoms with Crippen LogP contribution in [0.2, 0.25) is 0 Å². The van der Waals surface area contributed by atoms with Gasteiger partial charge in [0.1, 0.15) is 5.84 Å².